The fourth-order valence-electron chi connectivity index (χ4n) is 2.20. The van der Waals surface area contributed by atoms with Crippen LogP contribution in [0.15, 0.2) is 11.4 Å². The lowest BCUT2D eigenvalue weighted by Crippen LogP contribution is -2.32. The van der Waals surface area contributed by atoms with E-state index in [9.17, 15) is 8.42 Å². The molecule has 2 rings (SSSR count). The zero-order chi connectivity index (χ0) is 13.9. The maximum Gasteiger partial charge on any atom is 0.151 e. The lowest BCUT2D eigenvalue weighted by atomic mass is 10.2. The average molecular weight is 298 g/mol. The number of hydrogen-bond acceptors (Lipinski definition) is 5. The minimum Gasteiger partial charge on any atom is -0.320 e. The Morgan fingerprint density at radius 2 is 2.37 bits per heavy atom. The Kier molecular flexibility index (Phi) is 4.63. The van der Waals surface area contributed by atoms with Crippen molar-refractivity contribution < 1.29 is 8.42 Å². The summed E-state index contributed by atoms with van der Waals surface area (Å²) in [5.41, 5.74) is 6.38. The van der Waals surface area contributed by atoms with Crippen molar-refractivity contribution in [2.75, 3.05) is 25.1 Å². The van der Waals surface area contributed by atoms with Gasteiger partial charge in [0.25, 0.3) is 0 Å². The van der Waals surface area contributed by atoms with E-state index in [4.69, 9.17) is 5.73 Å². The Bertz CT molecular complexity index is 596. The molecule has 19 heavy (non-hydrogen) atoms. The molecular formula is C13H18N2O2S2. The van der Waals surface area contributed by atoms with Crippen LogP contribution < -0.4 is 5.73 Å². The second-order valence-electron chi connectivity index (χ2n) is 4.74. The highest BCUT2D eigenvalue weighted by Crippen LogP contribution is 2.22. The van der Waals surface area contributed by atoms with Gasteiger partial charge in [-0.25, -0.2) is 8.42 Å². The fourth-order valence-corrected chi connectivity index (χ4v) is 4.90. The van der Waals surface area contributed by atoms with Crippen molar-refractivity contribution in [1.82, 2.24) is 4.90 Å². The molecule has 2 heterocycles. The van der Waals surface area contributed by atoms with Crippen LogP contribution in [0.25, 0.3) is 0 Å². The van der Waals surface area contributed by atoms with Crippen LogP contribution in [-0.2, 0) is 16.4 Å². The Morgan fingerprint density at radius 3 is 3.00 bits per heavy atom. The van der Waals surface area contributed by atoms with Gasteiger partial charge in [-0.1, -0.05) is 11.8 Å². The Labute approximate surface area is 118 Å². The second kappa shape index (κ2) is 6.06. The normalized spacial score (nSPS) is 21.3. The first-order valence-corrected chi connectivity index (χ1v) is 8.88. The van der Waals surface area contributed by atoms with Crippen molar-refractivity contribution in [3.63, 3.8) is 0 Å². The van der Waals surface area contributed by atoms with Gasteiger partial charge in [0.1, 0.15) is 0 Å². The molecule has 104 valence electrons. The van der Waals surface area contributed by atoms with Crippen LogP contribution in [0.4, 0.5) is 0 Å². The van der Waals surface area contributed by atoms with Gasteiger partial charge in [-0.15, -0.1) is 11.3 Å². The van der Waals surface area contributed by atoms with Crippen LogP contribution >= 0.6 is 11.3 Å². The second-order valence-corrected chi connectivity index (χ2v) is 7.96. The van der Waals surface area contributed by atoms with Crippen molar-refractivity contribution in [3.8, 4) is 11.8 Å². The third kappa shape index (κ3) is 3.80. The summed E-state index contributed by atoms with van der Waals surface area (Å²) >= 11 is 1.65. The first-order valence-electron chi connectivity index (χ1n) is 6.18. The maximum atomic E-state index is 11.5. The number of thiophene rings is 1. The van der Waals surface area contributed by atoms with E-state index in [1.54, 1.807) is 11.3 Å². The summed E-state index contributed by atoms with van der Waals surface area (Å²) in [6, 6.07) is 2.12. The highest BCUT2D eigenvalue weighted by molar-refractivity contribution is 7.91. The molecule has 0 aromatic carbocycles. The van der Waals surface area contributed by atoms with Crippen LogP contribution in [0.2, 0.25) is 0 Å². The van der Waals surface area contributed by atoms with E-state index in [1.165, 1.54) is 4.88 Å². The van der Waals surface area contributed by atoms with Crippen molar-refractivity contribution >= 4 is 21.2 Å². The minimum absolute atomic E-state index is 0.127. The topological polar surface area (TPSA) is 63.4 Å². The summed E-state index contributed by atoms with van der Waals surface area (Å²) in [7, 11) is -0.849. The van der Waals surface area contributed by atoms with Crippen LogP contribution in [0, 0.1) is 11.8 Å². The molecule has 1 aromatic heterocycles. The lowest BCUT2D eigenvalue weighted by Gasteiger charge is -2.22. The van der Waals surface area contributed by atoms with Gasteiger partial charge >= 0.3 is 0 Å². The van der Waals surface area contributed by atoms with E-state index in [1.807, 2.05) is 18.5 Å². The molecule has 1 unspecified atom stereocenters. The number of nitrogens with two attached hydrogens (primary N) is 1. The predicted octanol–water partition coefficient (Wildman–Crippen LogP) is 0.677. The molecule has 0 bridgehead atoms. The van der Waals surface area contributed by atoms with E-state index in [-0.39, 0.29) is 11.8 Å². The zero-order valence-electron chi connectivity index (χ0n) is 10.9. The molecule has 0 saturated carbocycles. The smallest absolute Gasteiger partial charge is 0.151 e. The zero-order valence-corrected chi connectivity index (χ0v) is 12.6. The fraction of sp³-hybridized carbons (Fsp3) is 0.538. The largest absolute Gasteiger partial charge is 0.320 e. The minimum atomic E-state index is -2.83. The molecule has 1 saturated heterocycles. The number of sulfone groups is 1. The van der Waals surface area contributed by atoms with Gasteiger partial charge in [0.05, 0.1) is 18.1 Å². The van der Waals surface area contributed by atoms with Crippen molar-refractivity contribution in [3.05, 3.63) is 21.9 Å². The van der Waals surface area contributed by atoms with E-state index < -0.39 is 9.84 Å². The Hall–Kier alpha value is -0.870. The summed E-state index contributed by atoms with van der Waals surface area (Å²) in [5, 5.41) is 2.01. The monoisotopic (exact) mass is 298 g/mol. The van der Waals surface area contributed by atoms with Gasteiger partial charge in [-0.2, -0.15) is 0 Å². The van der Waals surface area contributed by atoms with E-state index in [0.717, 1.165) is 18.5 Å². The molecule has 1 fully saturated rings. The third-order valence-corrected chi connectivity index (χ3v) is 5.95. The molecule has 0 amide bonds. The SMILES string of the molecule is CN(Cc1sccc1C#CCN)C1CCS(=O)(=O)C1. The van der Waals surface area contributed by atoms with Crippen molar-refractivity contribution in [2.45, 2.75) is 19.0 Å². The first-order chi connectivity index (χ1) is 9.02. The van der Waals surface area contributed by atoms with E-state index >= 15 is 0 Å². The molecule has 0 aliphatic carbocycles. The molecule has 6 heteroatoms. The summed E-state index contributed by atoms with van der Waals surface area (Å²) in [4.78, 5) is 3.29. The molecule has 0 spiro atoms. The number of rotatable bonds is 3. The van der Waals surface area contributed by atoms with E-state index in [0.29, 0.717) is 12.3 Å². The molecule has 1 aromatic rings. The van der Waals surface area contributed by atoms with Gasteiger partial charge in [0, 0.05) is 23.0 Å². The van der Waals surface area contributed by atoms with Gasteiger partial charge in [0.15, 0.2) is 9.84 Å². The van der Waals surface area contributed by atoms with Crippen LogP contribution in [0.5, 0.6) is 0 Å². The lowest BCUT2D eigenvalue weighted by molar-refractivity contribution is 0.256. The quantitative estimate of drug-likeness (QED) is 0.834. The summed E-state index contributed by atoms with van der Waals surface area (Å²) in [6.07, 6.45) is 0.730. The summed E-state index contributed by atoms with van der Waals surface area (Å²) in [5.74, 6) is 6.50. The van der Waals surface area contributed by atoms with Crippen LogP contribution in [0.3, 0.4) is 0 Å². The van der Waals surface area contributed by atoms with Crippen molar-refractivity contribution in [1.29, 1.82) is 0 Å². The highest BCUT2D eigenvalue weighted by Gasteiger charge is 2.30. The Morgan fingerprint density at radius 1 is 1.58 bits per heavy atom. The van der Waals surface area contributed by atoms with Crippen LogP contribution in [-0.4, -0.2) is 44.5 Å². The molecular weight excluding hydrogens is 280 g/mol. The highest BCUT2D eigenvalue weighted by atomic mass is 32.2. The number of nitrogens with zero attached hydrogens (tertiary/aromatic N) is 1. The van der Waals surface area contributed by atoms with Crippen molar-refractivity contribution in [2.24, 2.45) is 5.73 Å². The predicted molar refractivity (Wildman–Crippen MR) is 78.8 cm³/mol. The Balaban J connectivity index is 2.03. The molecule has 0 radical (unpaired) electrons. The van der Waals surface area contributed by atoms with Crippen LogP contribution in [0.1, 0.15) is 16.9 Å². The van der Waals surface area contributed by atoms with Gasteiger partial charge in [-0.3, -0.25) is 4.90 Å². The van der Waals surface area contributed by atoms with Gasteiger partial charge < -0.3 is 5.73 Å². The third-order valence-electron chi connectivity index (χ3n) is 3.30. The number of hydrogen-bond donors (Lipinski definition) is 1. The van der Waals surface area contributed by atoms with Gasteiger partial charge in [-0.05, 0) is 24.9 Å². The average Bonchev–Trinajstić information content (AvgIpc) is 2.93. The standard InChI is InChI=1S/C13H18N2O2S2/c1-15(12-5-8-19(16,17)10-12)9-13-11(3-2-6-14)4-7-18-13/h4,7,12H,5-6,8-10,14H2,1H3. The molecule has 4 nitrogen and oxygen atoms in total. The molecule has 1 atom stereocenters. The molecule has 1 aliphatic heterocycles. The summed E-state index contributed by atoms with van der Waals surface area (Å²) in [6.45, 7) is 1.10. The molecule has 2 N–H and O–H groups in total. The van der Waals surface area contributed by atoms with Gasteiger partial charge in [0.2, 0.25) is 0 Å². The maximum absolute atomic E-state index is 11.5. The van der Waals surface area contributed by atoms with E-state index in [2.05, 4.69) is 16.7 Å². The first kappa shape index (κ1) is 14.5. The summed E-state index contributed by atoms with van der Waals surface area (Å²) < 4.78 is 23.0. The molecule has 1 aliphatic rings.